The van der Waals surface area contributed by atoms with Crippen molar-refractivity contribution in [3.63, 3.8) is 0 Å². The van der Waals surface area contributed by atoms with Crippen molar-refractivity contribution in [2.75, 3.05) is 13.1 Å². The lowest BCUT2D eigenvalue weighted by Gasteiger charge is -2.18. The molecule has 0 spiro atoms. The molecule has 1 unspecified atom stereocenters. The maximum atomic E-state index is 6.18. The van der Waals surface area contributed by atoms with Crippen LogP contribution in [-0.4, -0.2) is 30.1 Å². The maximum absolute atomic E-state index is 6.18. The van der Waals surface area contributed by atoms with Gasteiger partial charge >= 0.3 is 0 Å². The number of likely N-dealkylation sites (tertiary alicyclic amines) is 1. The summed E-state index contributed by atoms with van der Waals surface area (Å²) < 4.78 is 0. The van der Waals surface area contributed by atoms with Crippen molar-refractivity contribution in [1.82, 2.24) is 10.2 Å². The van der Waals surface area contributed by atoms with Crippen molar-refractivity contribution in [1.29, 1.82) is 0 Å². The summed E-state index contributed by atoms with van der Waals surface area (Å²) in [6.07, 6.45) is 1.24. The first kappa shape index (κ1) is 12.9. The van der Waals surface area contributed by atoms with Gasteiger partial charge in [-0.3, -0.25) is 4.90 Å². The molecule has 0 aliphatic carbocycles. The lowest BCUT2D eigenvalue weighted by atomic mass is 10.2. The molecule has 1 aliphatic heterocycles. The number of benzene rings is 1. The van der Waals surface area contributed by atoms with Crippen LogP contribution >= 0.6 is 11.6 Å². The first-order valence-corrected chi connectivity index (χ1v) is 6.75. The Morgan fingerprint density at radius 3 is 2.88 bits per heavy atom. The minimum absolute atomic E-state index is 0.570. The summed E-state index contributed by atoms with van der Waals surface area (Å²) in [7, 11) is 0. The molecule has 0 amide bonds. The fourth-order valence-corrected chi connectivity index (χ4v) is 2.65. The number of halogens is 1. The van der Waals surface area contributed by atoms with E-state index in [2.05, 4.69) is 36.2 Å². The van der Waals surface area contributed by atoms with E-state index in [1.807, 2.05) is 12.1 Å². The fourth-order valence-electron chi connectivity index (χ4n) is 2.45. The van der Waals surface area contributed by atoms with Crippen molar-refractivity contribution in [3.05, 3.63) is 34.9 Å². The normalized spacial score (nSPS) is 21.3. The molecule has 0 aromatic heterocycles. The number of nitrogens with zero attached hydrogens (tertiary/aromatic N) is 1. The molecule has 17 heavy (non-hydrogen) atoms. The van der Waals surface area contributed by atoms with Gasteiger partial charge in [0.1, 0.15) is 0 Å². The van der Waals surface area contributed by atoms with E-state index >= 15 is 0 Å². The molecular formula is C14H21ClN2. The summed E-state index contributed by atoms with van der Waals surface area (Å²) in [5.41, 5.74) is 1.24. The Morgan fingerprint density at radius 1 is 1.41 bits per heavy atom. The summed E-state index contributed by atoms with van der Waals surface area (Å²) in [6.45, 7) is 7.67. The Hall–Kier alpha value is -0.570. The average molecular weight is 253 g/mol. The molecule has 2 rings (SSSR count). The monoisotopic (exact) mass is 252 g/mol. The minimum atomic E-state index is 0.570. The largest absolute Gasteiger partial charge is 0.310 e. The smallest absolute Gasteiger partial charge is 0.0451 e. The predicted octanol–water partition coefficient (Wildman–Crippen LogP) is 2.91. The van der Waals surface area contributed by atoms with Crippen LogP contribution in [0.1, 0.15) is 25.8 Å². The molecule has 0 radical (unpaired) electrons. The molecule has 1 aromatic rings. The van der Waals surface area contributed by atoms with Gasteiger partial charge in [0.15, 0.2) is 0 Å². The van der Waals surface area contributed by atoms with E-state index < -0.39 is 0 Å². The van der Waals surface area contributed by atoms with Crippen LogP contribution in [0, 0.1) is 0 Å². The van der Waals surface area contributed by atoms with Crippen LogP contribution < -0.4 is 5.32 Å². The summed E-state index contributed by atoms with van der Waals surface area (Å²) in [5, 5.41) is 4.48. The van der Waals surface area contributed by atoms with E-state index in [9.17, 15) is 0 Å². The molecule has 1 saturated heterocycles. The zero-order chi connectivity index (χ0) is 12.3. The number of hydrogen-bond acceptors (Lipinski definition) is 2. The van der Waals surface area contributed by atoms with Crippen LogP contribution in [0.25, 0.3) is 0 Å². The van der Waals surface area contributed by atoms with Gasteiger partial charge in [0.05, 0.1) is 0 Å². The maximum Gasteiger partial charge on any atom is 0.0451 e. The highest BCUT2D eigenvalue weighted by Gasteiger charge is 2.22. The van der Waals surface area contributed by atoms with Crippen molar-refractivity contribution < 1.29 is 0 Å². The Kier molecular flexibility index (Phi) is 4.43. The highest BCUT2D eigenvalue weighted by molar-refractivity contribution is 6.31. The molecule has 3 heteroatoms. The molecule has 1 heterocycles. The summed E-state index contributed by atoms with van der Waals surface area (Å²) in [5.74, 6) is 0. The second-order valence-corrected chi connectivity index (χ2v) is 5.54. The zero-order valence-electron chi connectivity index (χ0n) is 10.6. The standard InChI is InChI=1S/C14H21ClN2/c1-11(2)16-13-7-8-17(10-13)9-12-5-3-4-6-14(12)15/h3-6,11,13,16H,7-10H2,1-2H3. The van der Waals surface area contributed by atoms with Gasteiger partial charge in [-0.25, -0.2) is 0 Å². The summed E-state index contributed by atoms with van der Waals surface area (Å²) in [4.78, 5) is 2.47. The van der Waals surface area contributed by atoms with E-state index in [-0.39, 0.29) is 0 Å². The highest BCUT2D eigenvalue weighted by Crippen LogP contribution is 2.19. The summed E-state index contributed by atoms with van der Waals surface area (Å²) >= 11 is 6.18. The third-order valence-corrected chi connectivity index (χ3v) is 3.56. The van der Waals surface area contributed by atoms with E-state index in [1.165, 1.54) is 12.0 Å². The second kappa shape index (κ2) is 5.85. The molecule has 1 N–H and O–H groups in total. The van der Waals surface area contributed by atoms with Crippen molar-refractivity contribution in [2.45, 2.75) is 38.9 Å². The number of hydrogen-bond donors (Lipinski definition) is 1. The van der Waals surface area contributed by atoms with E-state index in [0.29, 0.717) is 12.1 Å². The third-order valence-electron chi connectivity index (χ3n) is 3.19. The Morgan fingerprint density at radius 2 is 2.18 bits per heavy atom. The van der Waals surface area contributed by atoms with E-state index in [4.69, 9.17) is 11.6 Å². The fraction of sp³-hybridized carbons (Fsp3) is 0.571. The van der Waals surface area contributed by atoms with Gasteiger partial charge in [-0.1, -0.05) is 43.6 Å². The summed E-state index contributed by atoms with van der Waals surface area (Å²) in [6, 6.07) is 9.33. The molecule has 0 bridgehead atoms. The SMILES string of the molecule is CC(C)NC1CCN(Cc2ccccc2Cl)C1. The lowest BCUT2D eigenvalue weighted by Crippen LogP contribution is -2.36. The van der Waals surface area contributed by atoms with Gasteiger partial charge in [0.2, 0.25) is 0 Å². The topological polar surface area (TPSA) is 15.3 Å². The number of nitrogens with one attached hydrogen (secondary N) is 1. The molecule has 1 fully saturated rings. The first-order chi connectivity index (χ1) is 8.15. The molecular weight excluding hydrogens is 232 g/mol. The van der Waals surface area contributed by atoms with E-state index in [1.54, 1.807) is 0 Å². The van der Waals surface area contributed by atoms with Gasteiger partial charge in [-0.05, 0) is 18.1 Å². The Balaban J connectivity index is 1.88. The van der Waals surface area contributed by atoms with Crippen LogP contribution in [0.4, 0.5) is 0 Å². The van der Waals surface area contributed by atoms with Gasteiger partial charge in [-0.15, -0.1) is 0 Å². The lowest BCUT2D eigenvalue weighted by molar-refractivity contribution is 0.317. The zero-order valence-corrected chi connectivity index (χ0v) is 11.4. The van der Waals surface area contributed by atoms with Gasteiger partial charge in [0.25, 0.3) is 0 Å². The first-order valence-electron chi connectivity index (χ1n) is 6.37. The average Bonchev–Trinajstić information content (AvgIpc) is 2.68. The number of rotatable bonds is 4. The predicted molar refractivity (Wildman–Crippen MR) is 73.4 cm³/mol. The van der Waals surface area contributed by atoms with Crippen LogP contribution in [0.15, 0.2) is 24.3 Å². The Bertz CT molecular complexity index is 365. The van der Waals surface area contributed by atoms with Crippen molar-refractivity contribution >= 4 is 11.6 Å². The molecule has 0 saturated carbocycles. The van der Waals surface area contributed by atoms with Crippen molar-refractivity contribution in [3.8, 4) is 0 Å². The van der Waals surface area contributed by atoms with Crippen LogP contribution in [0.2, 0.25) is 5.02 Å². The molecule has 1 aliphatic rings. The van der Waals surface area contributed by atoms with E-state index in [0.717, 1.165) is 24.7 Å². The van der Waals surface area contributed by atoms with Gasteiger partial charge < -0.3 is 5.32 Å². The van der Waals surface area contributed by atoms with Gasteiger partial charge in [0, 0.05) is 36.7 Å². The molecule has 2 nitrogen and oxygen atoms in total. The molecule has 1 atom stereocenters. The van der Waals surface area contributed by atoms with Crippen molar-refractivity contribution in [2.24, 2.45) is 0 Å². The minimum Gasteiger partial charge on any atom is -0.310 e. The van der Waals surface area contributed by atoms with Crippen LogP contribution in [0.5, 0.6) is 0 Å². The highest BCUT2D eigenvalue weighted by atomic mass is 35.5. The quantitative estimate of drug-likeness (QED) is 0.887. The molecule has 1 aromatic carbocycles. The van der Waals surface area contributed by atoms with Gasteiger partial charge in [-0.2, -0.15) is 0 Å². The second-order valence-electron chi connectivity index (χ2n) is 5.13. The van der Waals surface area contributed by atoms with Crippen LogP contribution in [0.3, 0.4) is 0 Å². The third kappa shape index (κ3) is 3.70. The Labute approximate surface area is 109 Å². The van der Waals surface area contributed by atoms with Crippen LogP contribution in [-0.2, 0) is 6.54 Å². The molecule has 94 valence electrons.